The van der Waals surface area contributed by atoms with E-state index in [1.54, 1.807) is 12.1 Å². The molecule has 17 heavy (non-hydrogen) atoms. The van der Waals surface area contributed by atoms with Crippen molar-refractivity contribution in [3.8, 4) is 11.8 Å². The minimum Gasteiger partial charge on any atom is -0.506 e. The molecule has 92 valence electrons. The first-order chi connectivity index (χ1) is 8.17. The lowest BCUT2D eigenvalue weighted by atomic mass is 10.2. The molecule has 0 aromatic heterocycles. The Bertz CT molecular complexity index is 401. The lowest BCUT2D eigenvalue weighted by molar-refractivity contribution is 0.272. The van der Waals surface area contributed by atoms with Crippen molar-refractivity contribution in [2.45, 2.75) is 26.3 Å². The van der Waals surface area contributed by atoms with Gasteiger partial charge in [0, 0.05) is 19.5 Å². The van der Waals surface area contributed by atoms with E-state index in [2.05, 4.69) is 17.9 Å². The summed E-state index contributed by atoms with van der Waals surface area (Å²) in [5.41, 5.74) is 1.05. The van der Waals surface area contributed by atoms with Crippen LogP contribution in [-0.2, 0) is 6.54 Å². The molecule has 0 unspecified atom stereocenters. The zero-order valence-electron chi connectivity index (χ0n) is 9.99. The van der Waals surface area contributed by atoms with Gasteiger partial charge in [-0.25, -0.2) is 0 Å². The van der Waals surface area contributed by atoms with Gasteiger partial charge < -0.3 is 5.11 Å². The van der Waals surface area contributed by atoms with E-state index in [-0.39, 0.29) is 5.75 Å². The van der Waals surface area contributed by atoms with Crippen LogP contribution in [0.25, 0.3) is 0 Å². The second-order valence-corrected chi connectivity index (χ2v) is 4.38. The zero-order chi connectivity index (χ0) is 12.7. The quantitative estimate of drug-likeness (QED) is 0.846. The Morgan fingerprint density at radius 2 is 2.18 bits per heavy atom. The molecule has 4 heteroatoms. The molecule has 0 aliphatic heterocycles. The van der Waals surface area contributed by atoms with Crippen molar-refractivity contribution in [2.75, 3.05) is 13.1 Å². The van der Waals surface area contributed by atoms with Gasteiger partial charge in [0.2, 0.25) is 0 Å². The molecule has 3 nitrogen and oxygen atoms in total. The Hall–Kier alpha value is -1.24. The van der Waals surface area contributed by atoms with Crippen molar-refractivity contribution >= 4 is 11.6 Å². The molecule has 0 aliphatic carbocycles. The van der Waals surface area contributed by atoms with Crippen molar-refractivity contribution in [2.24, 2.45) is 0 Å². The minimum atomic E-state index is 0.106. The Morgan fingerprint density at radius 1 is 1.41 bits per heavy atom. The van der Waals surface area contributed by atoms with Crippen LogP contribution in [-0.4, -0.2) is 23.1 Å². The number of halogens is 1. The fourth-order valence-electron chi connectivity index (χ4n) is 1.70. The molecule has 0 saturated heterocycles. The lowest BCUT2D eigenvalue weighted by Gasteiger charge is -2.20. The molecule has 0 bridgehead atoms. The summed E-state index contributed by atoms with van der Waals surface area (Å²) in [4.78, 5) is 2.21. The molecule has 0 aliphatic rings. The molecule has 0 fully saturated rings. The molecular weight excluding hydrogens is 236 g/mol. The predicted molar refractivity (Wildman–Crippen MR) is 68.9 cm³/mol. The van der Waals surface area contributed by atoms with Gasteiger partial charge in [-0.1, -0.05) is 24.6 Å². The minimum absolute atomic E-state index is 0.106. The number of phenols is 1. The molecule has 1 N–H and O–H groups in total. The summed E-state index contributed by atoms with van der Waals surface area (Å²) in [7, 11) is 0. The molecular formula is C13H17ClN2O. The molecule has 0 spiro atoms. The molecule has 0 amide bonds. The van der Waals surface area contributed by atoms with Crippen LogP contribution in [0.1, 0.15) is 25.3 Å². The van der Waals surface area contributed by atoms with Crippen LogP contribution in [0.3, 0.4) is 0 Å². The van der Waals surface area contributed by atoms with Crippen molar-refractivity contribution < 1.29 is 5.11 Å². The van der Waals surface area contributed by atoms with Gasteiger partial charge in [-0.05, 0) is 30.7 Å². The summed E-state index contributed by atoms with van der Waals surface area (Å²) in [6.45, 7) is 4.60. The van der Waals surface area contributed by atoms with E-state index in [0.29, 0.717) is 11.4 Å². The largest absolute Gasteiger partial charge is 0.506 e. The number of benzene rings is 1. The third-order valence-corrected chi connectivity index (χ3v) is 2.80. The van der Waals surface area contributed by atoms with E-state index < -0.39 is 0 Å². The summed E-state index contributed by atoms with van der Waals surface area (Å²) in [5.74, 6) is 0.106. The number of nitrogens with zero attached hydrogens (tertiary/aromatic N) is 2. The predicted octanol–water partition coefficient (Wildman–Crippen LogP) is 3.17. The van der Waals surface area contributed by atoms with Crippen LogP contribution in [0.15, 0.2) is 18.2 Å². The smallest absolute Gasteiger partial charge is 0.134 e. The van der Waals surface area contributed by atoms with Gasteiger partial charge in [0.15, 0.2) is 0 Å². The summed E-state index contributed by atoms with van der Waals surface area (Å²) in [6.07, 6.45) is 1.59. The van der Waals surface area contributed by atoms with Crippen molar-refractivity contribution in [1.29, 1.82) is 5.26 Å². The van der Waals surface area contributed by atoms with Gasteiger partial charge >= 0.3 is 0 Å². The third-order valence-electron chi connectivity index (χ3n) is 2.50. The monoisotopic (exact) mass is 252 g/mol. The number of phenolic OH excluding ortho intramolecular Hbond substituents is 1. The van der Waals surface area contributed by atoms with E-state index in [1.165, 1.54) is 0 Å². The number of aromatic hydroxyl groups is 1. The molecule has 1 rings (SSSR count). The van der Waals surface area contributed by atoms with E-state index in [4.69, 9.17) is 16.9 Å². The first-order valence-corrected chi connectivity index (χ1v) is 6.12. The van der Waals surface area contributed by atoms with Gasteiger partial charge in [0.05, 0.1) is 11.1 Å². The van der Waals surface area contributed by atoms with Crippen molar-refractivity contribution in [3.05, 3.63) is 28.8 Å². The van der Waals surface area contributed by atoms with E-state index in [9.17, 15) is 5.11 Å². The Labute approximate surface area is 107 Å². The highest BCUT2D eigenvalue weighted by atomic mass is 35.5. The van der Waals surface area contributed by atoms with Gasteiger partial charge in [0.25, 0.3) is 0 Å². The SMILES string of the molecule is CCCN(CCC#N)Cc1ccc(O)c(Cl)c1. The third kappa shape index (κ3) is 4.64. The molecule has 0 atom stereocenters. The van der Waals surface area contributed by atoms with E-state index in [0.717, 1.165) is 31.6 Å². The van der Waals surface area contributed by atoms with E-state index in [1.807, 2.05) is 6.07 Å². The Balaban J connectivity index is 2.65. The molecule has 0 heterocycles. The van der Waals surface area contributed by atoms with E-state index >= 15 is 0 Å². The fraction of sp³-hybridized carbons (Fsp3) is 0.462. The highest BCUT2D eigenvalue weighted by Gasteiger charge is 2.06. The molecule has 1 aromatic rings. The summed E-state index contributed by atoms with van der Waals surface area (Å²) in [6, 6.07) is 7.39. The van der Waals surface area contributed by atoms with Crippen LogP contribution < -0.4 is 0 Å². The van der Waals surface area contributed by atoms with Gasteiger partial charge in [-0.15, -0.1) is 0 Å². The summed E-state index contributed by atoms with van der Waals surface area (Å²) in [5, 5.41) is 18.3. The normalized spacial score (nSPS) is 10.5. The number of rotatable bonds is 6. The fourth-order valence-corrected chi connectivity index (χ4v) is 1.90. The highest BCUT2D eigenvalue weighted by molar-refractivity contribution is 6.32. The van der Waals surface area contributed by atoms with Gasteiger partial charge in [-0.3, -0.25) is 4.90 Å². The maximum absolute atomic E-state index is 9.33. The molecule has 0 radical (unpaired) electrons. The van der Waals surface area contributed by atoms with Crippen LogP contribution in [0.4, 0.5) is 0 Å². The average molecular weight is 253 g/mol. The van der Waals surface area contributed by atoms with Crippen LogP contribution in [0.5, 0.6) is 5.75 Å². The molecule has 0 saturated carbocycles. The highest BCUT2D eigenvalue weighted by Crippen LogP contribution is 2.24. The van der Waals surface area contributed by atoms with Crippen LogP contribution >= 0.6 is 11.6 Å². The Morgan fingerprint density at radius 3 is 2.76 bits per heavy atom. The average Bonchev–Trinajstić information content (AvgIpc) is 2.31. The maximum Gasteiger partial charge on any atom is 0.134 e. The lowest BCUT2D eigenvalue weighted by Crippen LogP contribution is -2.25. The van der Waals surface area contributed by atoms with Crippen molar-refractivity contribution in [3.63, 3.8) is 0 Å². The van der Waals surface area contributed by atoms with Gasteiger partial charge in [0.1, 0.15) is 5.75 Å². The van der Waals surface area contributed by atoms with Crippen molar-refractivity contribution in [1.82, 2.24) is 4.90 Å². The second kappa shape index (κ2) is 7.16. The number of hydrogen-bond acceptors (Lipinski definition) is 3. The topological polar surface area (TPSA) is 47.3 Å². The summed E-state index contributed by atoms with van der Waals surface area (Å²) >= 11 is 5.86. The first kappa shape index (κ1) is 13.8. The van der Waals surface area contributed by atoms with Gasteiger partial charge in [-0.2, -0.15) is 5.26 Å². The van der Waals surface area contributed by atoms with Crippen LogP contribution in [0, 0.1) is 11.3 Å². The zero-order valence-corrected chi connectivity index (χ0v) is 10.7. The molecule has 1 aromatic carbocycles. The maximum atomic E-state index is 9.33. The standard InChI is InChI=1S/C13H17ClN2O/c1-2-7-16(8-3-6-15)10-11-4-5-13(17)12(14)9-11/h4-5,9,17H,2-3,7-8,10H2,1H3. The number of nitriles is 1. The number of hydrogen-bond donors (Lipinski definition) is 1. The second-order valence-electron chi connectivity index (χ2n) is 3.97. The first-order valence-electron chi connectivity index (χ1n) is 5.74. The summed E-state index contributed by atoms with van der Waals surface area (Å²) < 4.78 is 0. The Kier molecular flexibility index (Phi) is 5.82. The van der Waals surface area contributed by atoms with Crippen LogP contribution in [0.2, 0.25) is 5.02 Å².